The Morgan fingerprint density at radius 1 is 1.14 bits per heavy atom. The Morgan fingerprint density at radius 2 is 1.83 bits per heavy atom. The molecule has 0 aromatic carbocycles. The maximum atomic E-state index is 11.2. The minimum absolute atomic E-state index is 0.0782. The van der Waals surface area contributed by atoms with Crippen LogP contribution in [0, 0.1) is 11.8 Å². The number of rotatable bonds is 10. The molecule has 0 aromatic heterocycles. The number of aliphatic imine (C=N–C) groups is 1. The molecule has 29 heavy (non-hydrogen) atoms. The summed E-state index contributed by atoms with van der Waals surface area (Å²) in [5, 5.41) is 6.95. The highest BCUT2D eigenvalue weighted by Crippen LogP contribution is 2.16. The summed E-state index contributed by atoms with van der Waals surface area (Å²) in [4.78, 5) is 20.6. The zero-order valence-electron chi connectivity index (χ0n) is 18.7. The molecule has 1 unspecified atom stereocenters. The van der Waals surface area contributed by atoms with Crippen molar-refractivity contribution in [1.29, 1.82) is 0 Å². The van der Waals surface area contributed by atoms with Crippen molar-refractivity contribution in [1.82, 2.24) is 20.4 Å². The average Bonchev–Trinajstić information content (AvgIpc) is 2.73. The second-order valence-corrected chi connectivity index (χ2v) is 8.56. The Labute approximate surface area is 176 Å². The van der Waals surface area contributed by atoms with E-state index in [0.717, 1.165) is 90.7 Å². The van der Waals surface area contributed by atoms with Crippen molar-refractivity contribution >= 4 is 11.9 Å². The fourth-order valence-corrected chi connectivity index (χ4v) is 4.23. The molecule has 2 saturated heterocycles. The van der Waals surface area contributed by atoms with Gasteiger partial charge in [0.25, 0.3) is 0 Å². The Morgan fingerprint density at radius 3 is 2.41 bits per heavy atom. The summed E-state index contributed by atoms with van der Waals surface area (Å²) in [5.74, 6) is 1.40. The van der Waals surface area contributed by atoms with Crippen LogP contribution >= 0.6 is 0 Å². The van der Waals surface area contributed by atoms with Crippen LogP contribution in [0.3, 0.4) is 0 Å². The lowest BCUT2D eigenvalue weighted by Gasteiger charge is -2.37. The number of guanidine groups is 1. The lowest BCUT2D eigenvalue weighted by molar-refractivity contribution is -0.123. The van der Waals surface area contributed by atoms with Crippen LogP contribution in [0.4, 0.5) is 0 Å². The van der Waals surface area contributed by atoms with E-state index >= 15 is 0 Å². The van der Waals surface area contributed by atoms with Crippen molar-refractivity contribution in [2.24, 2.45) is 22.6 Å². The summed E-state index contributed by atoms with van der Waals surface area (Å²) in [6.07, 6.45) is 4.07. The molecular weight excluding hydrogens is 368 g/mol. The Bertz CT molecular complexity index is 499. The van der Waals surface area contributed by atoms with Crippen molar-refractivity contribution in [2.75, 3.05) is 66.1 Å². The van der Waals surface area contributed by atoms with Crippen LogP contribution in [0.2, 0.25) is 0 Å². The summed E-state index contributed by atoms with van der Waals surface area (Å²) in [7, 11) is 1.83. The fourth-order valence-electron chi connectivity index (χ4n) is 4.23. The van der Waals surface area contributed by atoms with Crippen molar-refractivity contribution in [3.8, 4) is 0 Å². The average molecular weight is 411 g/mol. The number of hydrogen-bond donors (Lipinski definition) is 3. The van der Waals surface area contributed by atoms with E-state index in [0.29, 0.717) is 12.0 Å². The molecule has 0 aromatic rings. The van der Waals surface area contributed by atoms with Crippen molar-refractivity contribution in [3.05, 3.63) is 0 Å². The maximum absolute atomic E-state index is 11.2. The smallest absolute Gasteiger partial charge is 0.220 e. The van der Waals surface area contributed by atoms with Crippen LogP contribution in [0.1, 0.15) is 39.5 Å². The number of nitrogens with zero attached hydrogens (tertiary/aromatic N) is 3. The molecule has 2 aliphatic rings. The van der Waals surface area contributed by atoms with Gasteiger partial charge < -0.3 is 26.0 Å². The molecule has 0 aliphatic carbocycles. The fraction of sp³-hybridized carbons (Fsp3) is 0.905. The normalized spacial score (nSPS) is 21.3. The van der Waals surface area contributed by atoms with Crippen LogP contribution in [0.25, 0.3) is 0 Å². The molecule has 1 atom stereocenters. The predicted octanol–water partition coefficient (Wildman–Crippen LogP) is 0.486. The third kappa shape index (κ3) is 8.48. The number of primary amides is 1. The number of unbranched alkanes of at least 4 members (excludes halogenated alkanes) is 1. The number of nitrogens with one attached hydrogen (secondary N) is 2. The van der Waals surface area contributed by atoms with Crippen LogP contribution in [0.5, 0.6) is 0 Å². The van der Waals surface area contributed by atoms with Crippen LogP contribution in [-0.2, 0) is 9.53 Å². The molecule has 0 spiro atoms. The van der Waals surface area contributed by atoms with Gasteiger partial charge in [-0.25, -0.2) is 0 Å². The highest BCUT2D eigenvalue weighted by molar-refractivity contribution is 5.79. The largest absolute Gasteiger partial charge is 0.379 e. The number of piperidine rings is 1. The molecular formula is C21H42N6O2. The number of nitrogens with two attached hydrogens (primary N) is 1. The highest BCUT2D eigenvalue weighted by atomic mass is 16.5. The maximum Gasteiger partial charge on any atom is 0.220 e. The number of carbonyl (C=O) groups excluding carboxylic acids is 1. The lowest BCUT2D eigenvalue weighted by Crippen LogP contribution is -2.52. The Balaban J connectivity index is 1.59. The number of ether oxygens (including phenoxy) is 1. The first kappa shape index (κ1) is 23.9. The van der Waals surface area contributed by atoms with Crippen molar-refractivity contribution < 1.29 is 9.53 Å². The van der Waals surface area contributed by atoms with Gasteiger partial charge in [0.15, 0.2) is 5.96 Å². The van der Waals surface area contributed by atoms with Gasteiger partial charge in [-0.2, -0.15) is 0 Å². The molecule has 0 radical (unpaired) electrons. The van der Waals surface area contributed by atoms with E-state index in [-0.39, 0.29) is 11.8 Å². The molecule has 8 heteroatoms. The zero-order valence-corrected chi connectivity index (χ0v) is 18.7. The van der Waals surface area contributed by atoms with Gasteiger partial charge in [0.2, 0.25) is 5.91 Å². The van der Waals surface area contributed by atoms with E-state index < -0.39 is 0 Å². The molecule has 168 valence electrons. The van der Waals surface area contributed by atoms with E-state index in [1.54, 1.807) is 0 Å². The summed E-state index contributed by atoms with van der Waals surface area (Å²) >= 11 is 0. The number of carbonyl (C=O) groups is 1. The molecule has 1 amide bonds. The molecule has 0 bridgehead atoms. The number of amides is 1. The van der Waals surface area contributed by atoms with E-state index in [4.69, 9.17) is 10.5 Å². The molecule has 2 aliphatic heterocycles. The van der Waals surface area contributed by atoms with Crippen LogP contribution in [-0.4, -0.2) is 93.8 Å². The second kappa shape index (κ2) is 13.0. The number of hydrogen-bond acceptors (Lipinski definition) is 5. The predicted molar refractivity (Wildman–Crippen MR) is 118 cm³/mol. The van der Waals surface area contributed by atoms with E-state index in [9.17, 15) is 4.79 Å². The van der Waals surface area contributed by atoms with Crippen LogP contribution < -0.4 is 16.4 Å². The first-order valence-corrected chi connectivity index (χ1v) is 11.3. The molecule has 2 heterocycles. The standard InChI is InChI=1S/C21H42N6O2/c1-17(2)19(27-12-14-29-15-13-27)16-25-21(23-3)24-8-4-5-9-26-10-6-18(7-11-26)20(22)28/h17-19H,4-16H2,1-3H3,(H2,22,28)(H2,23,24,25). The molecule has 8 nitrogen and oxygen atoms in total. The molecule has 4 N–H and O–H groups in total. The molecule has 2 rings (SSSR count). The second-order valence-electron chi connectivity index (χ2n) is 8.56. The van der Waals surface area contributed by atoms with Gasteiger partial charge >= 0.3 is 0 Å². The summed E-state index contributed by atoms with van der Waals surface area (Å²) < 4.78 is 5.49. The van der Waals surface area contributed by atoms with Crippen molar-refractivity contribution in [3.63, 3.8) is 0 Å². The third-order valence-corrected chi connectivity index (χ3v) is 6.17. The molecule has 2 fully saturated rings. The van der Waals surface area contributed by atoms with Gasteiger partial charge in [-0.1, -0.05) is 13.8 Å². The van der Waals surface area contributed by atoms with Crippen LogP contribution in [0.15, 0.2) is 4.99 Å². The lowest BCUT2D eigenvalue weighted by atomic mass is 9.96. The number of morpholine rings is 1. The molecule has 0 saturated carbocycles. The Hall–Kier alpha value is -1.38. The van der Waals surface area contributed by atoms with Gasteiger partial charge in [0, 0.05) is 45.2 Å². The minimum Gasteiger partial charge on any atom is -0.379 e. The van der Waals surface area contributed by atoms with Gasteiger partial charge in [0.05, 0.1) is 13.2 Å². The topological polar surface area (TPSA) is 95.2 Å². The van der Waals surface area contributed by atoms with E-state index in [1.807, 2.05) is 7.05 Å². The summed E-state index contributed by atoms with van der Waals surface area (Å²) in [5.41, 5.74) is 5.40. The monoisotopic (exact) mass is 410 g/mol. The Kier molecular flexibility index (Phi) is 10.7. The van der Waals surface area contributed by atoms with E-state index in [1.165, 1.54) is 0 Å². The zero-order chi connectivity index (χ0) is 21.1. The third-order valence-electron chi connectivity index (χ3n) is 6.17. The SMILES string of the molecule is CN=C(NCCCCN1CCC(C(N)=O)CC1)NCC(C(C)C)N1CCOCC1. The highest BCUT2D eigenvalue weighted by Gasteiger charge is 2.24. The summed E-state index contributed by atoms with van der Waals surface area (Å²) in [6.45, 7) is 13.1. The van der Waals surface area contributed by atoms with Crippen molar-refractivity contribution in [2.45, 2.75) is 45.6 Å². The first-order valence-electron chi connectivity index (χ1n) is 11.3. The number of likely N-dealkylation sites (tertiary alicyclic amines) is 1. The van der Waals surface area contributed by atoms with Gasteiger partial charge in [0.1, 0.15) is 0 Å². The van der Waals surface area contributed by atoms with Gasteiger partial charge in [-0.3, -0.25) is 14.7 Å². The van der Waals surface area contributed by atoms with E-state index in [2.05, 4.69) is 39.3 Å². The van der Waals surface area contributed by atoms with Gasteiger partial charge in [-0.15, -0.1) is 0 Å². The summed E-state index contributed by atoms with van der Waals surface area (Å²) in [6, 6.07) is 0.487. The first-order chi connectivity index (χ1) is 14.0. The quantitative estimate of drug-likeness (QED) is 0.276. The minimum atomic E-state index is -0.138. The van der Waals surface area contributed by atoms with Gasteiger partial charge in [-0.05, 0) is 51.2 Å².